The number of methoxy groups -OCH3 is 1. The van der Waals surface area contributed by atoms with Crippen molar-refractivity contribution in [1.82, 2.24) is 15.5 Å². The highest BCUT2D eigenvalue weighted by Gasteiger charge is 2.29. The summed E-state index contributed by atoms with van der Waals surface area (Å²) in [5.74, 6) is 1.39. The number of hydrogen-bond donors (Lipinski definition) is 1. The van der Waals surface area contributed by atoms with Gasteiger partial charge in [-0.3, -0.25) is 0 Å². The lowest BCUT2D eigenvalue weighted by Gasteiger charge is -2.04. The molecule has 0 unspecified atom stereocenters. The van der Waals surface area contributed by atoms with E-state index in [-0.39, 0.29) is 12.1 Å². The van der Waals surface area contributed by atoms with Gasteiger partial charge in [-0.05, 0) is 24.5 Å². The van der Waals surface area contributed by atoms with E-state index in [0.29, 0.717) is 12.3 Å². The maximum Gasteiger partial charge on any atom is 0.243 e. The zero-order valence-corrected chi connectivity index (χ0v) is 11.8. The molecule has 0 aliphatic carbocycles. The van der Waals surface area contributed by atoms with E-state index in [1.54, 1.807) is 7.11 Å². The van der Waals surface area contributed by atoms with E-state index in [1.807, 2.05) is 12.1 Å². The summed E-state index contributed by atoms with van der Waals surface area (Å²) in [6, 6.07) is 8.37. The summed E-state index contributed by atoms with van der Waals surface area (Å²) < 4.78 is 10.7. The molecule has 2 aromatic rings. The number of aryl methyl sites for hydroxylation is 1. The first-order chi connectivity index (χ1) is 9.76. The first-order valence-corrected chi connectivity index (χ1v) is 6.89. The van der Waals surface area contributed by atoms with Crippen LogP contribution in [0.2, 0.25) is 0 Å². The van der Waals surface area contributed by atoms with Crippen LogP contribution in [0.25, 0.3) is 0 Å². The summed E-state index contributed by atoms with van der Waals surface area (Å²) in [5.41, 5.74) is 2.48. The highest BCUT2D eigenvalue weighted by atomic mass is 16.5. The predicted octanol–water partition coefficient (Wildman–Crippen LogP) is 2.02. The van der Waals surface area contributed by atoms with Gasteiger partial charge in [-0.2, -0.15) is 4.98 Å². The van der Waals surface area contributed by atoms with Gasteiger partial charge in [0.1, 0.15) is 0 Å². The van der Waals surface area contributed by atoms with Crippen molar-refractivity contribution >= 4 is 0 Å². The minimum atomic E-state index is 0.109. The van der Waals surface area contributed by atoms with Crippen molar-refractivity contribution in [3.05, 3.63) is 47.1 Å². The second-order valence-electron chi connectivity index (χ2n) is 5.21. The lowest BCUT2D eigenvalue weighted by atomic mass is 10.1. The molecule has 0 bridgehead atoms. The van der Waals surface area contributed by atoms with Gasteiger partial charge in [-0.1, -0.05) is 29.4 Å². The minimum absolute atomic E-state index is 0.109. The number of rotatable bonds is 4. The van der Waals surface area contributed by atoms with Gasteiger partial charge in [-0.25, -0.2) is 0 Å². The molecule has 20 heavy (non-hydrogen) atoms. The van der Waals surface area contributed by atoms with Crippen LogP contribution in [-0.4, -0.2) is 29.9 Å². The smallest absolute Gasteiger partial charge is 0.243 e. The van der Waals surface area contributed by atoms with Gasteiger partial charge in [-0.15, -0.1) is 0 Å². The lowest BCUT2D eigenvalue weighted by molar-refractivity contribution is 0.116. The molecular weight excluding hydrogens is 254 g/mol. The molecule has 1 saturated heterocycles. The Labute approximate surface area is 118 Å². The first-order valence-electron chi connectivity index (χ1n) is 6.89. The number of aromatic nitrogens is 2. The van der Waals surface area contributed by atoms with E-state index in [9.17, 15) is 0 Å². The molecular formula is C15H19N3O2. The molecule has 0 spiro atoms. The van der Waals surface area contributed by atoms with E-state index in [0.717, 1.165) is 18.8 Å². The van der Waals surface area contributed by atoms with Gasteiger partial charge in [0.2, 0.25) is 5.89 Å². The third-order valence-electron chi connectivity index (χ3n) is 3.82. The summed E-state index contributed by atoms with van der Waals surface area (Å²) in [6.45, 7) is 2.93. The van der Waals surface area contributed by atoms with Crippen LogP contribution in [0.4, 0.5) is 0 Å². The van der Waals surface area contributed by atoms with Crippen LogP contribution < -0.4 is 5.32 Å². The first kappa shape index (κ1) is 13.3. The predicted molar refractivity (Wildman–Crippen MR) is 74.4 cm³/mol. The van der Waals surface area contributed by atoms with E-state index in [4.69, 9.17) is 9.26 Å². The Bertz CT molecular complexity index is 582. The van der Waals surface area contributed by atoms with Gasteiger partial charge < -0.3 is 14.6 Å². The standard InChI is InChI=1S/C15H19N3O2/c1-10-5-3-4-6-11(10)7-14-17-15(20-18-14)13-8-12(19-2)9-16-13/h3-6,12-13,16H,7-9H2,1-2H3/t12-,13+/m0/s1. The van der Waals surface area contributed by atoms with Crippen molar-refractivity contribution < 1.29 is 9.26 Å². The Hall–Kier alpha value is -1.72. The summed E-state index contributed by atoms with van der Waals surface area (Å²) in [7, 11) is 1.73. The molecule has 106 valence electrons. The van der Waals surface area contributed by atoms with Gasteiger partial charge in [0.15, 0.2) is 5.82 Å². The Morgan fingerprint density at radius 2 is 2.25 bits per heavy atom. The molecule has 1 aliphatic rings. The maximum absolute atomic E-state index is 5.37. The molecule has 0 radical (unpaired) electrons. The number of nitrogens with zero attached hydrogens (tertiary/aromatic N) is 2. The summed E-state index contributed by atoms with van der Waals surface area (Å²) in [4.78, 5) is 4.50. The molecule has 5 heteroatoms. The van der Waals surface area contributed by atoms with Crippen LogP contribution in [0.3, 0.4) is 0 Å². The van der Waals surface area contributed by atoms with Crippen molar-refractivity contribution in [2.75, 3.05) is 13.7 Å². The van der Waals surface area contributed by atoms with Crippen molar-refractivity contribution in [3.8, 4) is 0 Å². The molecule has 5 nitrogen and oxygen atoms in total. The zero-order chi connectivity index (χ0) is 13.9. The summed E-state index contributed by atoms with van der Waals surface area (Å²) >= 11 is 0. The normalized spacial score (nSPS) is 22.3. The third kappa shape index (κ3) is 2.73. The second kappa shape index (κ2) is 5.73. The van der Waals surface area contributed by atoms with E-state index < -0.39 is 0 Å². The number of benzene rings is 1. The van der Waals surface area contributed by atoms with Crippen molar-refractivity contribution in [1.29, 1.82) is 0 Å². The van der Waals surface area contributed by atoms with E-state index >= 15 is 0 Å². The SMILES string of the molecule is CO[C@@H]1CN[C@@H](c2nc(Cc3ccccc3C)no2)C1. The number of nitrogens with one attached hydrogen (secondary N) is 1. The van der Waals surface area contributed by atoms with Crippen LogP contribution in [0, 0.1) is 6.92 Å². The highest BCUT2D eigenvalue weighted by molar-refractivity contribution is 5.28. The minimum Gasteiger partial charge on any atom is -0.380 e. The summed E-state index contributed by atoms with van der Waals surface area (Å²) in [5, 5.41) is 7.42. The molecule has 3 rings (SSSR count). The highest BCUT2D eigenvalue weighted by Crippen LogP contribution is 2.23. The Balaban J connectivity index is 1.70. The Morgan fingerprint density at radius 3 is 3.00 bits per heavy atom. The second-order valence-corrected chi connectivity index (χ2v) is 5.21. The molecule has 1 aliphatic heterocycles. The van der Waals surface area contributed by atoms with Gasteiger partial charge in [0.25, 0.3) is 0 Å². The Kier molecular flexibility index (Phi) is 3.80. The van der Waals surface area contributed by atoms with Crippen molar-refractivity contribution in [2.24, 2.45) is 0 Å². The molecule has 2 atom stereocenters. The topological polar surface area (TPSA) is 60.2 Å². The van der Waals surface area contributed by atoms with Crippen LogP contribution in [-0.2, 0) is 11.2 Å². The van der Waals surface area contributed by atoms with Crippen LogP contribution >= 0.6 is 0 Å². The lowest BCUT2D eigenvalue weighted by Crippen LogP contribution is -2.16. The van der Waals surface area contributed by atoms with Crippen LogP contribution in [0.5, 0.6) is 0 Å². The molecule has 2 heterocycles. The molecule has 1 aromatic heterocycles. The molecule has 0 amide bonds. The molecule has 1 fully saturated rings. The number of hydrogen-bond acceptors (Lipinski definition) is 5. The van der Waals surface area contributed by atoms with Crippen LogP contribution in [0.15, 0.2) is 28.8 Å². The largest absolute Gasteiger partial charge is 0.380 e. The quantitative estimate of drug-likeness (QED) is 0.923. The van der Waals surface area contributed by atoms with Gasteiger partial charge in [0, 0.05) is 20.1 Å². The van der Waals surface area contributed by atoms with E-state index in [2.05, 4.69) is 34.5 Å². The Morgan fingerprint density at radius 1 is 1.40 bits per heavy atom. The fourth-order valence-corrected chi connectivity index (χ4v) is 2.53. The fourth-order valence-electron chi connectivity index (χ4n) is 2.53. The van der Waals surface area contributed by atoms with Gasteiger partial charge in [0.05, 0.1) is 12.1 Å². The van der Waals surface area contributed by atoms with Gasteiger partial charge >= 0.3 is 0 Å². The monoisotopic (exact) mass is 273 g/mol. The fraction of sp³-hybridized carbons (Fsp3) is 0.467. The van der Waals surface area contributed by atoms with Crippen molar-refractivity contribution in [3.63, 3.8) is 0 Å². The molecule has 1 aromatic carbocycles. The molecule has 1 N–H and O–H groups in total. The van der Waals surface area contributed by atoms with Crippen molar-refractivity contribution in [2.45, 2.75) is 31.9 Å². The average molecular weight is 273 g/mol. The van der Waals surface area contributed by atoms with Crippen LogP contribution in [0.1, 0.15) is 35.3 Å². The number of ether oxygens (including phenoxy) is 1. The molecule has 0 saturated carbocycles. The zero-order valence-electron chi connectivity index (χ0n) is 11.8. The third-order valence-corrected chi connectivity index (χ3v) is 3.82. The average Bonchev–Trinajstić information content (AvgIpc) is 3.10. The summed E-state index contributed by atoms with van der Waals surface area (Å²) in [6.07, 6.45) is 1.81. The maximum atomic E-state index is 5.37. The van der Waals surface area contributed by atoms with E-state index in [1.165, 1.54) is 11.1 Å².